The van der Waals surface area contributed by atoms with Crippen LogP contribution in [0.1, 0.15) is 12.0 Å². The first kappa shape index (κ1) is 14.3. The van der Waals surface area contributed by atoms with Gasteiger partial charge < -0.3 is 20.8 Å². The maximum Gasteiger partial charge on any atom is 0.326 e. The molecule has 1 heterocycles. The number of nitrogens with one attached hydrogen (secondary N) is 2. The Hall–Kier alpha value is -2.08. The molecule has 1 saturated heterocycles. The molecule has 1 fully saturated rings. The molecule has 2 atom stereocenters. The largest absolute Gasteiger partial charge is 0.508 e. The van der Waals surface area contributed by atoms with Crippen LogP contribution in [0.25, 0.3) is 0 Å². The van der Waals surface area contributed by atoms with Gasteiger partial charge in [0, 0.05) is 13.0 Å². The van der Waals surface area contributed by atoms with Crippen LogP contribution in [-0.4, -0.2) is 41.2 Å². The molecule has 1 unspecified atom stereocenters. The summed E-state index contributed by atoms with van der Waals surface area (Å²) in [5.41, 5.74) is 0.750. The SMILES string of the molecule is O=C(N[C@H](Cc1ccc(O)cc1)C(=O)O)C1CCNC1. The third-order valence-corrected chi connectivity index (χ3v) is 3.42. The Morgan fingerprint density at radius 3 is 2.60 bits per heavy atom. The lowest BCUT2D eigenvalue weighted by Crippen LogP contribution is -2.45. The molecule has 1 aromatic carbocycles. The van der Waals surface area contributed by atoms with Gasteiger partial charge in [0.1, 0.15) is 11.8 Å². The fourth-order valence-corrected chi connectivity index (χ4v) is 2.24. The number of hydrogen-bond acceptors (Lipinski definition) is 4. The molecule has 0 spiro atoms. The van der Waals surface area contributed by atoms with Crippen molar-refractivity contribution >= 4 is 11.9 Å². The Labute approximate surface area is 116 Å². The zero-order valence-corrected chi connectivity index (χ0v) is 11.0. The van der Waals surface area contributed by atoms with E-state index in [0.717, 1.165) is 18.5 Å². The minimum atomic E-state index is -1.06. The molecule has 6 nitrogen and oxygen atoms in total. The fourth-order valence-electron chi connectivity index (χ4n) is 2.24. The third kappa shape index (κ3) is 3.71. The van der Waals surface area contributed by atoms with E-state index in [4.69, 9.17) is 0 Å². The zero-order valence-electron chi connectivity index (χ0n) is 11.0. The van der Waals surface area contributed by atoms with Crippen LogP contribution in [0.3, 0.4) is 0 Å². The minimum Gasteiger partial charge on any atom is -0.508 e. The number of amides is 1. The molecular weight excluding hydrogens is 260 g/mol. The summed E-state index contributed by atoms with van der Waals surface area (Å²) < 4.78 is 0. The van der Waals surface area contributed by atoms with Gasteiger partial charge in [0.25, 0.3) is 0 Å². The Morgan fingerprint density at radius 1 is 1.35 bits per heavy atom. The molecule has 1 amide bonds. The van der Waals surface area contributed by atoms with Crippen LogP contribution in [0.2, 0.25) is 0 Å². The van der Waals surface area contributed by atoms with E-state index < -0.39 is 12.0 Å². The summed E-state index contributed by atoms with van der Waals surface area (Å²) in [6.45, 7) is 1.38. The smallest absolute Gasteiger partial charge is 0.326 e. The maximum atomic E-state index is 12.0. The van der Waals surface area contributed by atoms with Crippen molar-refractivity contribution in [2.45, 2.75) is 18.9 Å². The molecule has 2 rings (SSSR count). The van der Waals surface area contributed by atoms with E-state index in [-0.39, 0.29) is 24.0 Å². The van der Waals surface area contributed by atoms with Gasteiger partial charge in [0.15, 0.2) is 0 Å². The number of carbonyl (C=O) groups excluding carboxylic acids is 1. The monoisotopic (exact) mass is 278 g/mol. The lowest BCUT2D eigenvalue weighted by Gasteiger charge is -2.17. The number of hydrogen-bond donors (Lipinski definition) is 4. The topological polar surface area (TPSA) is 98.7 Å². The van der Waals surface area contributed by atoms with Crippen molar-refractivity contribution in [1.29, 1.82) is 0 Å². The predicted octanol–water partition coefficient (Wildman–Crippen LogP) is 0.114. The summed E-state index contributed by atoms with van der Waals surface area (Å²) in [7, 11) is 0. The van der Waals surface area contributed by atoms with Gasteiger partial charge in [-0.3, -0.25) is 4.79 Å². The number of rotatable bonds is 5. The molecule has 0 saturated carbocycles. The normalized spacial score (nSPS) is 19.5. The summed E-state index contributed by atoms with van der Waals surface area (Å²) in [6.07, 6.45) is 0.929. The molecule has 20 heavy (non-hydrogen) atoms. The second kappa shape index (κ2) is 6.38. The van der Waals surface area contributed by atoms with Crippen molar-refractivity contribution < 1.29 is 19.8 Å². The summed E-state index contributed by atoms with van der Waals surface area (Å²) >= 11 is 0. The Morgan fingerprint density at radius 2 is 2.05 bits per heavy atom. The average molecular weight is 278 g/mol. The maximum absolute atomic E-state index is 12.0. The van der Waals surface area contributed by atoms with Crippen molar-refractivity contribution in [1.82, 2.24) is 10.6 Å². The molecule has 0 aromatic heterocycles. The Kier molecular flexibility index (Phi) is 4.57. The predicted molar refractivity (Wildman–Crippen MR) is 72.4 cm³/mol. The van der Waals surface area contributed by atoms with Crippen LogP contribution in [0.5, 0.6) is 5.75 Å². The van der Waals surface area contributed by atoms with Crippen molar-refractivity contribution in [3.63, 3.8) is 0 Å². The summed E-state index contributed by atoms with van der Waals surface area (Å²) in [5.74, 6) is -1.31. The standard InChI is InChI=1S/C14H18N2O4/c17-11-3-1-9(2-4-11)7-12(14(19)20)16-13(18)10-5-6-15-8-10/h1-4,10,12,15,17H,5-8H2,(H,16,18)(H,19,20)/t10?,12-/m1/s1. The third-order valence-electron chi connectivity index (χ3n) is 3.42. The van der Waals surface area contributed by atoms with Gasteiger partial charge in [-0.05, 0) is 30.7 Å². The van der Waals surface area contributed by atoms with E-state index in [1.807, 2.05) is 0 Å². The van der Waals surface area contributed by atoms with Crippen LogP contribution < -0.4 is 10.6 Å². The van der Waals surface area contributed by atoms with Gasteiger partial charge in [-0.2, -0.15) is 0 Å². The molecule has 0 bridgehead atoms. The number of carboxylic acids is 1. The second-order valence-electron chi connectivity index (χ2n) is 4.96. The molecule has 0 aliphatic carbocycles. The van der Waals surface area contributed by atoms with E-state index in [0.29, 0.717) is 6.54 Å². The summed E-state index contributed by atoms with van der Waals surface area (Å²) in [5, 5.41) is 24.1. The van der Waals surface area contributed by atoms with Crippen molar-refractivity contribution in [2.24, 2.45) is 5.92 Å². The van der Waals surface area contributed by atoms with Gasteiger partial charge in [0.05, 0.1) is 5.92 Å². The number of aliphatic carboxylic acids is 1. The van der Waals surface area contributed by atoms with Gasteiger partial charge in [-0.1, -0.05) is 12.1 Å². The van der Waals surface area contributed by atoms with E-state index in [2.05, 4.69) is 10.6 Å². The summed E-state index contributed by atoms with van der Waals surface area (Å²) in [4.78, 5) is 23.2. The van der Waals surface area contributed by atoms with Gasteiger partial charge >= 0.3 is 5.97 Å². The molecule has 108 valence electrons. The molecule has 1 aliphatic heterocycles. The first-order valence-electron chi connectivity index (χ1n) is 6.58. The molecule has 1 aliphatic rings. The number of phenolic OH excluding ortho intramolecular Hbond substituents is 1. The highest BCUT2D eigenvalue weighted by Gasteiger charge is 2.27. The Bertz CT molecular complexity index is 480. The molecule has 4 N–H and O–H groups in total. The number of benzene rings is 1. The van der Waals surface area contributed by atoms with Crippen molar-refractivity contribution in [3.05, 3.63) is 29.8 Å². The van der Waals surface area contributed by atoms with Gasteiger partial charge in [-0.25, -0.2) is 4.79 Å². The molecule has 6 heteroatoms. The van der Waals surface area contributed by atoms with Gasteiger partial charge in [0.2, 0.25) is 5.91 Å². The highest BCUT2D eigenvalue weighted by Crippen LogP contribution is 2.12. The zero-order chi connectivity index (χ0) is 14.5. The fraction of sp³-hybridized carbons (Fsp3) is 0.429. The second-order valence-corrected chi connectivity index (χ2v) is 4.96. The first-order valence-corrected chi connectivity index (χ1v) is 6.58. The quantitative estimate of drug-likeness (QED) is 0.613. The highest BCUT2D eigenvalue weighted by atomic mass is 16.4. The van der Waals surface area contributed by atoms with E-state index in [9.17, 15) is 19.8 Å². The first-order chi connectivity index (χ1) is 9.56. The van der Waals surface area contributed by atoms with E-state index in [1.165, 1.54) is 12.1 Å². The number of carbonyl (C=O) groups is 2. The van der Waals surface area contributed by atoms with Crippen molar-refractivity contribution in [3.8, 4) is 5.75 Å². The van der Waals surface area contributed by atoms with Crippen LogP contribution in [0, 0.1) is 5.92 Å². The summed E-state index contributed by atoms with van der Waals surface area (Å²) in [6, 6.07) is 5.34. The van der Waals surface area contributed by atoms with Crippen LogP contribution >= 0.6 is 0 Å². The number of aromatic hydroxyl groups is 1. The van der Waals surface area contributed by atoms with Crippen molar-refractivity contribution in [2.75, 3.05) is 13.1 Å². The Balaban J connectivity index is 1.98. The average Bonchev–Trinajstić information content (AvgIpc) is 2.94. The number of carboxylic acid groups (broad SMARTS) is 1. The highest BCUT2D eigenvalue weighted by molar-refractivity contribution is 5.85. The van der Waals surface area contributed by atoms with E-state index in [1.54, 1.807) is 12.1 Å². The van der Waals surface area contributed by atoms with E-state index >= 15 is 0 Å². The molecule has 1 aromatic rings. The molecule has 0 radical (unpaired) electrons. The van der Waals surface area contributed by atoms with Crippen LogP contribution in [0.4, 0.5) is 0 Å². The number of phenols is 1. The van der Waals surface area contributed by atoms with Gasteiger partial charge in [-0.15, -0.1) is 0 Å². The lowest BCUT2D eigenvalue weighted by atomic mass is 10.0. The van der Waals surface area contributed by atoms with Crippen LogP contribution in [-0.2, 0) is 16.0 Å². The minimum absolute atomic E-state index is 0.127. The molecular formula is C14H18N2O4. The lowest BCUT2D eigenvalue weighted by molar-refractivity contribution is -0.142. The van der Waals surface area contributed by atoms with Crippen LogP contribution in [0.15, 0.2) is 24.3 Å².